The fourth-order valence-corrected chi connectivity index (χ4v) is 15.0. The summed E-state index contributed by atoms with van der Waals surface area (Å²) >= 11 is 0. The smallest absolute Gasteiger partial charge is 0.135 e. The number of para-hydroxylation sites is 2. The highest BCUT2D eigenvalue weighted by Crippen LogP contribution is 2.59. The number of hydrogen-bond donors (Lipinski definition) is 0. The second-order valence-electron chi connectivity index (χ2n) is 25.4. The van der Waals surface area contributed by atoms with Gasteiger partial charge in [-0.05, 0) is 203 Å². The van der Waals surface area contributed by atoms with Crippen molar-refractivity contribution in [2.75, 3.05) is 4.90 Å². The normalized spacial score (nSPS) is 12.9. The van der Waals surface area contributed by atoms with E-state index in [1.165, 1.54) is 119 Å². The Hall–Kier alpha value is -9.96. The molecule has 0 fully saturated rings. The van der Waals surface area contributed by atoms with Gasteiger partial charge < -0.3 is 13.7 Å². The molecule has 0 aliphatic heterocycles. The van der Waals surface area contributed by atoms with Crippen molar-refractivity contribution in [3.8, 4) is 22.3 Å². The molecule has 392 valence electrons. The van der Waals surface area contributed by atoms with Crippen molar-refractivity contribution >= 4 is 158 Å². The lowest BCUT2D eigenvalue weighted by molar-refractivity contribution is 0.590. The Morgan fingerprint density at radius 1 is 0.265 bits per heavy atom. The highest BCUT2D eigenvalue weighted by Gasteiger charge is 2.31. The van der Waals surface area contributed by atoms with E-state index in [0.717, 1.165) is 72.1 Å². The van der Waals surface area contributed by atoms with Crippen LogP contribution in [0.5, 0.6) is 0 Å². The zero-order valence-electron chi connectivity index (χ0n) is 47.1. The van der Waals surface area contributed by atoms with Crippen LogP contribution in [0.1, 0.15) is 52.7 Å². The fourth-order valence-electron chi connectivity index (χ4n) is 15.0. The first-order valence-corrected chi connectivity index (χ1v) is 29.2. The standard InChI is InChI=1S/C80H55NO2/c1-79(2,3)47-26-30-49(31-27-47)81(50-32-28-48(29-33-50)80(4,5)6)64-39-38-59-72-57(64)20-13-21-58(72)75-70(45-24-40-67-62(42-45)51-16-7-9-22-65(51)82-67)77-60-36-34-55-53-18-11-14-44-15-12-19-54(69(44)53)56-35-37-61(74(60)73(55)56)78(77)71(76(59)75)46-25-41-68-63(43-46)52-17-8-10-23-66(52)83-68/h7-43H,1-6H3. The minimum absolute atomic E-state index is 0.0117. The Labute approximate surface area is 479 Å². The van der Waals surface area contributed by atoms with Crippen LogP contribution in [0.25, 0.3) is 163 Å². The van der Waals surface area contributed by atoms with Gasteiger partial charge in [-0.1, -0.05) is 199 Å². The second kappa shape index (κ2) is 16.4. The summed E-state index contributed by atoms with van der Waals surface area (Å²) in [5.41, 5.74) is 14.4. The monoisotopic (exact) mass is 1060 g/mol. The molecular weight excluding hydrogens is 1010 g/mol. The predicted octanol–water partition coefficient (Wildman–Crippen LogP) is 23.6. The van der Waals surface area contributed by atoms with Gasteiger partial charge in [0.2, 0.25) is 0 Å². The molecule has 0 saturated heterocycles. The van der Waals surface area contributed by atoms with Gasteiger partial charge in [0.15, 0.2) is 0 Å². The van der Waals surface area contributed by atoms with Crippen LogP contribution in [-0.4, -0.2) is 0 Å². The molecule has 2 aromatic heterocycles. The van der Waals surface area contributed by atoms with E-state index in [4.69, 9.17) is 8.83 Å². The third kappa shape index (κ3) is 6.40. The summed E-state index contributed by atoms with van der Waals surface area (Å²) in [6, 6.07) is 84.7. The van der Waals surface area contributed by atoms with Gasteiger partial charge in [0, 0.05) is 38.3 Å². The maximum absolute atomic E-state index is 6.60. The zero-order valence-corrected chi connectivity index (χ0v) is 47.1. The van der Waals surface area contributed by atoms with Crippen molar-refractivity contribution in [2.45, 2.75) is 52.4 Å². The quantitative estimate of drug-likeness (QED) is 0.127. The topological polar surface area (TPSA) is 29.5 Å². The van der Waals surface area contributed by atoms with Crippen molar-refractivity contribution in [1.82, 2.24) is 0 Å². The van der Waals surface area contributed by atoms with E-state index in [9.17, 15) is 0 Å². The highest BCUT2D eigenvalue weighted by molar-refractivity contribution is 6.50. The van der Waals surface area contributed by atoms with Crippen LogP contribution in [0.2, 0.25) is 0 Å². The van der Waals surface area contributed by atoms with Gasteiger partial charge in [-0.3, -0.25) is 0 Å². The van der Waals surface area contributed by atoms with Gasteiger partial charge in [0.25, 0.3) is 0 Å². The summed E-state index contributed by atoms with van der Waals surface area (Å²) in [6.07, 6.45) is 0. The summed E-state index contributed by atoms with van der Waals surface area (Å²) in [7, 11) is 0. The van der Waals surface area contributed by atoms with Crippen LogP contribution in [0.4, 0.5) is 17.1 Å². The van der Waals surface area contributed by atoms with E-state index in [-0.39, 0.29) is 10.8 Å². The SMILES string of the molecule is CC(C)(C)c1ccc(N(c2ccc(C(C)(C)C)cc2)c2ccc3c4c(-c5ccc6oc7ccccc7c6c5)c5c6ccc7c8cccc9cccc(c%10ccc(c5c(-c5ccc%11oc%12ccccc%12c%11c5)c4c4cccc2c43)c6c%107)c98)cc1. The molecule has 0 aliphatic carbocycles. The van der Waals surface area contributed by atoms with E-state index >= 15 is 0 Å². The lowest BCUT2D eigenvalue weighted by Crippen LogP contribution is -2.14. The molecule has 0 unspecified atom stereocenters. The Morgan fingerprint density at radius 3 is 1.14 bits per heavy atom. The second-order valence-corrected chi connectivity index (χ2v) is 25.4. The first-order chi connectivity index (χ1) is 40.4. The van der Waals surface area contributed by atoms with Gasteiger partial charge >= 0.3 is 0 Å². The lowest BCUT2D eigenvalue weighted by Gasteiger charge is -2.29. The predicted molar refractivity (Wildman–Crippen MR) is 355 cm³/mol. The minimum Gasteiger partial charge on any atom is -0.456 e. The minimum atomic E-state index is 0.0117. The average Bonchev–Trinajstić information content (AvgIpc) is 1.70. The molecule has 0 atom stereocenters. The van der Waals surface area contributed by atoms with Crippen LogP contribution in [0.3, 0.4) is 0 Å². The molecule has 0 aliphatic rings. The Balaban J connectivity index is 1.04. The molecule has 0 bridgehead atoms. The van der Waals surface area contributed by atoms with Crippen molar-refractivity contribution in [2.24, 2.45) is 0 Å². The van der Waals surface area contributed by atoms with E-state index in [1.807, 2.05) is 0 Å². The molecule has 0 spiro atoms. The molecule has 0 N–H and O–H groups in total. The first kappa shape index (κ1) is 46.8. The molecule has 0 amide bonds. The molecule has 3 nitrogen and oxygen atoms in total. The van der Waals surface area contributed by atoms with Crippen LogP contribution >= 0.6 is 0 Å². The summed E-state index contributed by atoms with van der Waals surface area (Å²) in [5, 5.41) is 27.4. The van der Waals surface area contributed by atoms with Gasteiger partial charge in [0.1, 0.15) is 22.3 Å². The highest BCUT2D eigenvalue weighted by atomic mass is 16.3. The third-order valence-corrected chi connectivity index (χ3v) is 18.8. The molecule has 16 aromatic carbocycles. The van der Waals surface area contributed by atoms with E-state index in [1.54, 1.807) is 0 Å². The van der Waals surface area contributed by atoms with Crippen molar-refractivity contribution in [3.05, 3.63) is 236 Å². The van der Waals surface area contributed by atoms with Gasteiger partial charge in [-0.25, -0.2) is 0 Å². The Bertz CT molecular complexity index is 5430. The molecule has 18 rings (SSSR count). The van der Waals surface area contributed by atoms with Crippen LogP contribution in [-0.2, 0) is 10.8 Å². The Morgan fingerprint density at radius 2 is 0.639 bits per heavy atom. The van der Waals surface area contributed by atoms with Crippen LogP contribution in [0.15, 0.2) is 233 Å². The van der Waals surface area contributed by atoms with Gasteiger partial charge in [0.05, 0.1) is 5.69 Å². The molecule has 2 heterocycles. The lowest BCUT2D eigenvalue weighted by atomic mass is 9.86. The number of fused-ring (bicyclic) bond motifs is 14. The first-order valence-electron chi connectivity index (χ1n) is 29.2. The maximum atomic E-state index is 6.60. The molecule has 3 heteroatoms. The molecule has 83 heavy (non-hydrogen) atoms. The number of hydrogen-bond acceptors (Lipinski definition) is 3. The summed E-state index contributed by atoms with van der Waals surface area (Å²) in [6.45, 7) is 13.7. The number of rotatable bonds is 5. The van der Waals surface area contributed by atoms with Crippen LogP contribution in [0, 0.1) is 0 Å². The average molecular weight is 1060 g/mol. The molecular formula is C80H55NO2. The third-order valence-electron chi connectivity index (χ3n) is 18.8. The number of nitrogens with zero attached hydrogens (tertiary/aromatic N) is 1. The van der Waals surface area contributed by atoms with Gasteiger partial charge in [-0.15, -0.1) is 0 Å². The van der Waals surface area contributed by atoms with Crippen molar-refractivity contribution in [1.29, 1.82) is 0 Å². The van der Waals surface area contributed by atoms with E-state index < -0.39 is 0 Å². The number of benzene rings is 14. The maximum Gasteiger partial charge on any atom is 0.135 e. The summed E-state index contributed by atoms with van der Waals surface area (Å²) in [4.78, 5) is 2.48. The summed E-state index contributed by atoms with van der Waals surface area (Å²) < 4.78 is 13.2. The van der Waals surface area contributed by atoms with Gasteiger partial charge in [-0.2, -0.15) is 0 Å². The molecule has 18 aromatic rings. The molecule has 0 saturated carbocycles. The van der Waals surface area contributed by atoms with E-state index in [2.05, 4.69) is 271 Å². The van der Waals surface area contributed by atoms with E-state index in [0.29, 0.717) is 0 Å². The van der Waals surface area contributed by atoms with Crippen molar-refractivity contribution < 1.29 is 8.83 Å². The largest absolute Gasteiger partial charge is 0.456 e. The Kier molecular flexibility index (Phi) is 9.22. The van der Waals surface area contributed by atoms with Crippen molar-refractivity contribution in [3.63, 3.8) is 0 Å². The summed E-state index contributed by atoms with van der Waals surface area (Å²) in [5.74, 6) is 0. The van der Waals surface area contributed by atoms with Crippen LogP contribution < -0.4 is 4.90 Å². The number of anilines is 3. The number of furan rings is 2. The molecule has 0 radical (unpaired) electrons. The zero-order chi connectivity index (χ0) is 55.4. The fraction of sp³-hybridized carbons (Fsp3) is 0.100.